The van der Waals surface area contributed by atoms with Crippen molar-refractivity contribution in [3.8, 4) is 0 Å². The number of nitro groups is 1. The first-order valence-corrected chi connectivity index (χ1v) is 7.21. The normalized spacial score (nSPS) is 10.5. The Morgan fingerprint density at radius 2 is 1.91 bits per heavy atom. The molecule has 0 fully saturated rings. The smallest absolute Gasteiger partial charge is 0.308 e. The number of hydrogen-bond donors (Lipinski definition) is 2. The number of anilines is 2. The summed E-state index contributed by atoms with van der Waals surface area (Å²) < 4.78 is 13.4. The molecule has 1 aromatic heterocycles. The van der Waals surface area contributed by atoms with Gasteiger partial charge in [-0.25, -0.2) is 14.2 Å². The quantitative estimate of drug-likeness (QED) is 0.560. The van der Waals surface area contributed by atoms with Crippen LogP contribution in [0.2, 0.25) is 0 Å². The molecule has 1 heterocycles. The highest BCUT2D eigenvalue weighted by atomic mass is 32.1. The third-order valence-corrected chi connectivity index (χ3v) is 3.84. The Hall–Kier alpha value is -3.07. The average molecular weight is 332 g/mol. The molecule has 23 heavy (non-hydrogen) atoms. The van der Waals surface area contributed by atoms with Gasteiger partial charge in [-0.1, -0.05) is 11.3 Å². The van der Waals surface area contributed by atoms with Crippen LogP contribution >= 0.6 is 11.3 Å². The number of carbonyl (C=O) groups is 1. The first-order chi connectivity index (χ1) is 11.0. The molecule has 0 atom stereocenters. The summed E-state index contributed by atoms with van der Waals surface area (Å²) in [5, 5.41) is 16.1. The van der Waals surface area contributed by atoms with Crippen LogP contribution in [0.1, 0.15) is 0 Å². The number of aromatic nitrogens is 1. The van der Waals surface area contributed by atoms with Crippen LogP contribution in [0.3, 0.4) is 0 Å². The van der Waals surface area contributed by atoms with Crippen LogP contribution in [0.25, 0.3) is 10.2 Å². The van der Waals surface area contributed by atoms with Crippen molar-refractivity contribution in [3.05, 3.63) is 58.4 Å². The first kappa shape index (κ1) is 14.9. The standard InChI is InChI=1S/C14H9FN4O3S/c15-8-1-3-9(4-2-8)16-13(20)18-14-17-11-6-5-10(19(21)22)7-12(11)23-14/h1-7H,(H2,16,17,18,20). The maximum atomic E-state index is 12.8. The van der Waals surface area contributed by atoms with Gasteiger partial charge in [0.15, 0.2) is 5.13 Å². The van der Waals surface area contributed by atoms with Crippen LogP contribution in [0.15, 0.2) is 42.5 Å². The number of fused-ring (bicyclic) bond motifs is 1. The van der Waals surface area contributed by atoms with E-state index in [1.165, 1.54) is 42.5 Å². The number of nitrogens with zero attached hydrogens (tertiary/aromatic N) is 2. The number of nitro benzene ring substituents is 1. The lowest BCUT2D eigenvalue weighted by Gasteiger charge is -2.04. The van der Waals surface area contributed by atoms with E-state index in [-0.39, 0.29) is 5.69 Å². The number of hydrogen-bond acceptors (Lipinski definition) is 5. The molecule has 9 heteroatoms. The second kappa shape index (κ2) is 5.97. The molecule has 2 aromatic carbocycles. The van der Waals surface area contributed by atoms with E-state index < -0.39 is 16.8 Å². The Balaban J connectivity index is 1.74. The van der Waals surface area contributed by atoms with Gasteiger partial charge in [0, 0.05) is 17.8 Å². The number of urea groups is 1. The Bertz CT molecular complexity index is 895. The molecule has 0 spiro atoms. The van der Waals surface area contributed by atoms with Crippen LogP contribution in [0.5, 0.6) is 0 Å². The molecule has 0 aliphatic heterocycles. The molecular weight excluding hydrogens is 323 g/mol. The van der Waals surface area contributed by atoms with E-state index in [2.05, 4.69) is 15.6 Å². The Morgan fingerprint density at radius 1 is 1.17 bits per heavy atom. The minimum absolute atomic E-state index is 0.0385. The molecule has 3 rings (SSSR count). The van der Waals surface area contributed by atoms with Crippen molar-refractivity contribution in [1.82, 2.24) is 4.98 Å². The molecule has 0 bridgehead atoms. The van der Waals surface area contributed by atoms with Crippen LogP contribution in [-0.4, -0.2) is 15.9 Å². The number of nitrogens with one attached hydrogen (secondary N) is 2. The van der Waals surface area contributed by atoms with Crippen LogP contribution in [0, 0.1) is 15.9 Å². The molecular formula is C14H9FN4O3S. The number of amides is 2. The molecule has 7 nitrogen and oxygen atoms in total. The molecule has 0 aliphatic rings. The highest BCUT2D eigenvalue weighted by molar-refractivity contribution is 7.22. The SMILES string of the molecule is O=C(Nc1ccc(F)cc1)Nc1nc2ccc([N+](=O)[O-])cc2s1. The largest absolute Gasteiger partial charge is 0.325 e. The van der Waals surface area contributed by atoms with Crippen molar-refractivity contribution in [2.75, 3.05) is 10.6 Å². The minimum atomic E-state index is -0.537. The number of rotatable bonds is 3. The fourth-order valence-electron chi connectivity index (χ4n) is 1.87. The fourth-order valence-corrected chi connectivity index (χ4v) is 2.77. The summed E-state index contributed by atoms with van der Waals surface area (Å²) >= 11 is 1.12. The summed E-state index contributed by atoms with van der Waals surface area (Å²) in [6.07, 6.45) is 0. The second-order valence-corrected chi connectivity index (χ2v) is 5.54. The fraction of sp³-hybridized carbons (Fsp3) is 0. The van der Waals surface area contributed by atoms with Gasteiger partial charge >= 0.3 is 6.03 Å². The predicted molar refractivity (Wildman–Crippen MR) is 85.3 cm³/mol. The molecule has 3 aromatic rings. The third-order valence-electron chi connectivity index (χ3n) is 2.91. The van der Waals surface area contributed by atoms with Gasteiger partial charge in [-0.05, 0) is 30.3 Å². The highest BCUT2D eigenvalue weighted by Crippen LogP contribution is 2.29. The Morgan fingerprint density at radius 3 is 2.61 bits per heavy atom. The zero-order chi connectivity index (χ0) is 16.4. The summed E-state index contributed by atoms with van der Waals surface area (Å²) in [4.78, 5) is 26.3. The van der Waals surface area contributed by atoms with Gasteiger partial charge in [-0.2, -0.15) is 0 Å². The van der Waals surface area contributed by atoms with Gasteiger partial charge in [0.2, 0.25) is 0 Å². The molecule has 2 N–H and O–H groups in total. The number of halogens is 1. The van der Waals surface area contributed by atoms with Crippen LogP contribution in [-0.2, 0) is 0 Å². The van der Waals surface area contributed by atoms with Gasteiger partial charge < -0.3 is 5.32 Å². The summed E-state index contributed by atoms with van der Waals surface area (Å²) in [5.41, 5.74) is 0.946. The molecule has 0 unspecified atom stereocenters. The molecule has 0 aliphatic carbocycles. The molecule has 2 amide bonds. The topological polar surface area (TPSA) is 97.2 Å². The molecule has 116 valence electrons. The molecule has 0 saturated carbocycles. The summed E-state index contributed by atoms with van der Waals surface area (Å²) in [5.74, 6) is -0.399. The predicted octanol–water partition coefficient (Wildman–Crippen LogP) is 3.99. The van der Waals surface area contributed by atoms with Crippen molar-refractivity contribution in [2.45, 2.75) is 0 Å². The van der Waals surface area contributed by atoms with Crippen molar-refractivity contribution >= 4 is 44.1 Å². The second-order valence-electron chi connectivity index (χ2n) is 4.51. The lowest BCUT2D eigenvalue weighted by Crippen LogP contribution is -2.19. The van der Waals surface area contributed by atoms with E-state index in [0.29, 0.717) is 21.0 Å². The van der Waals surface area contributed by atoms with Crippen molar-refractivity contribution < 1.29 is 14.1 Å². The maximum absolute atomic E-state index is 12.8. The number of benzene rings is 2. The highest BCUT2D eigenvalue weighted by Gasteiger charge is 2.12. The summed E-state index contributed by atoms with van der Waals surface area (Å²) in [6.45, 7) is 0. The van der Waals surface area contributed by atoms with Gasteiger partial charge in [-0.15, -0.1) is 0 Å². The Labute approximate surface area is 132 Å². The zero-order valence-corrected chi connectivity index (χ0v) is 12.3. The van der Waals surface area contributed by atoms with E-state index in [1.54, 1.807) is 0 Å². The first-order valence-electron chi connectivity index (χ1n) is 6.40. The summed E-state index contributed by atoms with van der Waals surface area (Å²) in [6, 6.07) is 9.05. The van der Waals surface area contributed by atoms with Crippen molar-refractivity contribution in [2.24, 2.45) is 0 Å². The average Bonchev–Trinajstić information content (AvgIpc) is 2.90. The monoisotopic (exact) mass is 332 g/mol. The van der Waals surface area contributed by atoms with Gasteiger partial charge in [0.05, 0.1) is 15.1 Å². The number of thiazole rings is 1. The van der Waals surface area contributed by atoms with Crippen LogP contribution in [0.4, 0.5) is 25.7 Å². The van der Waals surface area contributed by atoms with E-state index in [4.69, 9.17) is 0 Å². The van der Waals surface area contributed by atoms with Gasteiger partial charge in [0.1, 0.15) is 5.82 Å². The van der Waals surface area contributed by atoms with Crippen molar-refractivity contribution in [1.29, 1.82) is 0 Å². The van der Waals surface area contributed by atoms with E-state index >= 15 is 0 Å². The minimum Gasteiger partial charge on any atom is -0.308 e. The maximum Gasteiger partial charge on any atom is 0.325 e. The molecule has 0 radical (unpaired) electrons. The Kier molecular flexibility index (Phi) is 3.85. The van der Waals surface area contributed by atoms with Crippen molar-refractivity contribution in [3.63, 3.8) is 0 Å². The molecule has 0 saturated heterocycles. The van der Waals surface area contributed by atoms with Crippen LogP contribution < -0.4 is 10.6 Å². The van der Waals surface area contributed by atoms with E-state index in [0.717, 1.165) is 11.3 Å². The lowest BCUT2D eigenvalue weighted by molar-refractivity contribution is -0.384. The van der Waals surface area contributed by atoms with E-state index in [1.807, 2.05) is 0 Å². The van der Waals surface area contributed by atoms with Gasteiger partial charge in [-0.3, -0.25) is 15.4 Å². The van der Waals surface area contributed by atoms with E-state index in [9.17, 15) is 19.3 Å². The lowest BCUT2D eigenvalue weighted by atomic mass is 10.3. The number of non-ortho nitro benzene ring substituents is 1. The summed E-state index contributed by atoms with van der Waals surface area (Å²) in [7, 11) is 0. The number of carbonyl (C=O) groups excluding carboxylic acids is 1. The zero-order valence-electron chi connectivity index (χ0n) is 11.4. The van der Waals surface area contributed by atoms with Gasteiger partial charge in [0.25, 0.3) is 5.69 Å². The third kappa shape index (κ3) is 3.40.